The van der Waals surface area contributed by atoms with E-state index in [1.165, 1.54) is 0 Å². The minimum atomic E-state index is -0.207. The van der Waals surface area contributed by atoms with E-state index in [0.717, 1.165) is 17.7 Å². The number of ether oxygens (including phenoxy) is 2. The molecule has 1 amide bonds. The van der Waals surface area contributed by atoms with Crippen LogP contribution in [-0.4, -0.2) is 24.7 Å². The lowest BCUT2D eigenvalue weighted by Gasteiger charge is -2.18. The molecule has 1 heterocycles. The summed E-state index contributed by atoms with van der Waals surface area (Å²) in [6.07, 6.45) is 0.860. The molecule has 0 radical (unpaired) electrons. The number of carbonyl (C=O) groups is 1. The molecule has 0 saturated heterocycles. The molecule has 0 bridgehead atoms. The van der Waals surface area contributed by atoms with Crippen LogP contribution in [0.15, 0.2) is 18.2 Å². The normalized spacial score (nSPS) is 15.7. The first-order valence-corrected chi connectivity index (χ1v) is 7.08. The van der Waals surface area contributed by atoms with Crippen molar-refractivity contribution in [1.29, 1.82) is 0 Å². The monoisotopic (exact) mass is 277 g/mol. The van der Waals surface area contributed by atoms with Gasteiger partial charge in [0.15, 0.2) is 18.1 Å². The van der Waals surface area contributed by atoms with Gasteiger partial charge in [-0.05, 0) is 25.8 Å². The number of fused-ring (bicyclic) bond motifs is 1. The predicted octanol–water partition coefficient (Wildman–Crippen LogP) is 2.55. The van der Waals surface area contributed by atoms with Gasteiger partial charge in [0.2, 0.25) is 0 Å². The number of nitrogens with one attached hydrogen (secondary N) is 1. The number of amides is 1. The van der Waals surface area contributed by atoms with Gasteiger partial charge in [0.1, 0.15) is 5.60 Å². The third-order valence-electron chi connectivity index (χ3n) is 3.12. The van der Waals surface area contributed by atoms with Crippen molar-refractivity contribution in [1.82, 2.24) is 5.32 Å². The van der Waals surface area contributed by atoms with Crippen LogP contribution in [0.1, 0.15) is 33.3 Å². The zero-order valence-electron chi connectivity index (χ0n) is 12.7. The van der Waals surface area contributed by atoms with Crippen LogP contribution in [0.4, 0.5) is 0 Å². The molecule has 1 aliphatic heterocycles. The van der Waals surface area contributed by atoms with Crippen molar-refractivity contribution < 1.29 is 14.3 Å². The standard InChI is InChI=1S/C16H23NO3/c1-11(2)9-17-14(18)10-19-13-7-5-6-12-8-16(3,4)20-15(12)13/h5-7,11H,8-10H2,1-4H3,(H,17,18). The maximum absolute atomic E-state index is 11.7. The first-order chi connectivity index (χ1) is 9.37. The average Bonchev–Trinajstić information content (AvgIpc) is 2.68. The van der Waals surface area contributed by atoms with Crippen LogP contribution in [0, 0.1) is 5.92 Å². The van der Waals surface area contributed by atoms with Crippen molar-refractivity contribution >= 4 is 5.91 Å². The molecule has 0 atom stereocenters. The Bertz CT molecular complexity index is 494. The lowest BCUT2D eigenvalue weighted by molar-refractivity contribution is -0.123. The second-order valence-electron chi connectivity index (χ2n) is 6.27. The number of hydrogen-bond acceptors (Lipinski definition) is 3. The quantitative estimate of drug-likeness (QED) is 0.899. The van der Waals surface area contributed by atoms with Gasteiger partial charge in [-0.25, -0.2) is 0 Å². The lowest BCUT2D eigenvalue weighted by Crippen LogP contribution is -2.31. The molecule has 110 valence electrons. The highest BCUT2D eigenvalue weighted by Gasteiger charge is 2.32. The molecular formula is C16H23NO3. The molecule has 0 unspecified atom stereocenters. The molecule has 1 aromatic rings. The molecule has 0 aliphatic carbocycles. The van der Waals surface area contributed by atoms with E-state index >= 15 is 0 Å². The van der Waals surface area contributed by atoms with Crippen LogP contribution in [0.5, 0.6) is 11.5 Å². The highest BCUT2D eigenvalue weighted by molar-refractivity contribution is 5.77. The topological polar surface area (TPSA) is 47.6 Å². The van der Waals surface area contributed by atoms with Crippen molar-refractivity contribution in [3.63, 3.8) is 0 Å². The number of carbonyl (C=O) groups excluding carboxylic acids is 1. The first-order valence-electron chi connectivity index (χ1n) is 7.08. The second kappa shape index (κ2) is 5.73. The Hall–Kier alpha value is -1.71. The Morgan fingerprint density at radius 3 is 2.90 bits per heavy atom. The molecule has 0 fully saturated rings. The largest absolute Gasteiger partial charge is 0.483 e. The first kappa shape index (κ1) is 14.7. The van der Waals surface area contributed by atoms with Crippen LogP contribution >= 0.6 is 0 Å². The fourth-order valence-electron chi connectivity index (χ4n) is 2.21. The summed E-state index contributed by atoms with van der Waals surface area (Å²) in [6.45, 7) is 8.89. The summed E-state index contributed by atoms with van der Waals surface area (Å²) in [5, 5.41) is 2.83. The number of hydrogen-bond donors (Lipinski definition) is 1. The van der Waals surface area contributed by atoms with Crippen LogP contribution < -0.4 is 14.8 Å². The van der Waals surface area contributed by atoms with E-state index in [1.54, 1.807) is 0 Å². The molecule has 0 aromatic heterocycles. The van der Waals surface area contributed by atoms with Crippen LogP contribution in [0.25, 0.3) is 0 Å². The highest BCUT2D eigenvalue weighted by Crippen LogP contribution is 2.41. The van der Waals surface area contributed by atoms with E-state index in [4.69, 9.17) is 9.47 Å². The van der Waals surface area contributed by atoms with Gasteiger partial charge in [-0.3, -0.25) is 4.79 Å². The van der Waals surface area contributed by atoms with Gasteiger partial charge in [0.05, 0.1) is 0 Å². The summed E-state index contributed by atoms with van der Waals surface area (Å²) < 4.78 is 11.5. The Labute approximate surface area is 120 Å². The lowest BCUT2D eigenvalue weighted by atomic mass is 10.0. The van der Waals surface area contributed by atoms with E-state index in [9.17, 15) is 4.79 Å². The molecule has 0 spiro atoms. The van der Waals surface area contributed by atoms with Crippen LogP contribution in [-0.2, 0) is 11.2 Å². The second-order valence-corrected chi connectivity index (χ2v) is 6.27. The van der Waals surface area contributed by atoms with Crippen molar-refractivity contribution in [2.24, 2.45) is 5.92 Å². The number of para-hydroxylation sites is 1. The molecule has 1 N–H and O–H groups in total. The van der Waals surface area contributed by atoms with Crippen molar-refractivity contribution in [3.8, 4) is 11.5 Å². The van der Waals surface area contributed by atoms with Gasteiger partial charge in [-0.1, -0.05) is 26.0 Å². The summed E-state index contributed by atoms with van der Waals surface area (Å²) >= 11 is 0. The zero-order valence-corrected chi connectivity index (χ0v) is 12.7. The SMILES string of the molecule is CC(C)CNC(=O)COc1cccc2c1OC(C)(C)C2. The predicted molar refractivity (Wildman–Crippen MR) is 78.2 cm³/mol. The van der Waals surface area contributed by atoms with Gasteiger partial charge in [0.25, 0.3) is 5.91 Å². The number of rotatable bonds is 5. The molecule has 4 nitrogen and oxygen atoms in total. The Kier molecular flexibility index (Phi) is 4.21. The maximum atomic E-state index is 11.7. The average molecular weight is 277 g/mol. The summed E-state index contributed by atoms with van der Waals surface area (Å²) in [7, 11) is 0. The highest BCUT2D eigenvalue weighted by atomic mass is 16.5. The summed E-state index contributed by atoms with van der Waals surface area (Å²) in [4.78, 5) is 11.7. The van der Waals surface area contributed by atoms with Crippen LogP contribution in [0.2, 0.25) is 0 Å². The molecule has 4 heteroatoms. The zero-order chi connectivity index (χ0) is 14.8. The van der Waals surface area contributed by atoms with Gasteiger partial charge >= 0.3 is 0 Å². The third kappa shape index (κ3) is 3.65. The van der Waals surface area contributed by atoms with Crippen molar-refractivity contribution in [3.05, 3.63) is 23.8 Å². The van der Waals surface area contributed by atoms with E-state index < -0.39 is 0 Å². The van der Waals surface area contributed by atoms with Crippen molar-refractivity contribution in [2.45, 2.75) is 39.7 Å². The fraction of sp³-hybridized carbons (Fsp3) is 0.562. The van der Waals surface area contributed by atoms with Crippen LogP contribution in [0.3, 0.4) is 0 Å². The molecule has 0 saturated carbocycles. The summed E-state index contributed by atoms with van der Waals surface area (Å²) in [5.74, 6) is 1.75. The fourth-order valence-corrected chi connectivity index (χ4v) is 2.21. The van der Waals surface area contributed by atoms with Gasteiger partial charge < -0.3 is 14.8 Å². The van der Waals surface area contributed by atoms with E-state index in [1.807, 2.05) is 32.0 Å². The van der Waals surface area contributed by atoms with Gasteiger partial charge in [-0.2, -0.15) is 0 Å². The Morgan fingerprint density at radius 2 is 2.20 bits per heavy atom. The summed E-state index contributed by atoms with van der Waals surface area (Å²) in [5.41, 5.74) is 0.928. The minimum Gasteiger partial charge on any atom is -0.483 e. The third-order valence-corrected chi connectivity index (χ3v) is 3.12. The Balaban J connectivity index is 1.95. The van der Waals surface area contributed by atoms with Crippen molar-refractivity contribution in [2.75, 3.05) is 13.2 Å². The maximum Gasteiger partial charge on any atom is 0.257 e. The van der Waals surface area contributed by atoms with E-state index in [-0.39, 0.29) is 18.1 Å². The van der Waals surface area contributed by atoms with E-state index in [0.29, 0.717) is 18.2 Å². The van der Waals surface area contributed by atoms with Gasteiger partial charge in [0, 0.05) is 18.5 Å². The van der Waals surface area contributed by atoms with Gasteiger partial charge in [-0.15, -0.1) is 0 Å². The summed E-state index contributed by atoms with van der Waals surface area (Å²) in [6, 6.07) is 5.82. The molecular weight excluding hydrogens is 254 g/mol. The molecule has 1 aromatic carbocycles. The molecule has 1 aliphatic rings. The molecule has 2 rings (SSSR count). The smallest absolute Gasteiger partial charge is 0.257 e. The minimum absolute atomic E-state index is 0.0208. The van der Waals surface area contributed by atoms with E-state index in [2.05, 4.69) is 19.2 Å². The number of benzene rings is 1. The Morgan fingerprint density at radius 1 is 1.45 bits per heavy atom. The molecule has 20 heavy (non-hydrogen) atoms.